The van der Waals surface area contributed by atoms with Gasteiger partial charge in [0.15, 0.2) is 34.5 Å². The summed E-state index contributed by atoms with van der Waals surface area (Å²) in [5.74, 6) is -1.35. The number of H-pyrrole nitrogens is 3. The molecule has 19 heteroatoms. The SMILES string of the molecule is COc1cc(-c2c3n(c4c(=O)oc5cc(OC(=O)[C@@H](N)Cc6c[nH]c7ccccc67)c(OC)cc5c24)CCc2c-3cc(OC)c(OC)c2OC(=O)[C@@H](N)Cc2c[nH]c3ccccc23)ccc1OC(=O)C(N)Cc1c[nH]c2ccccc12. The van der Waals surface area contributed by atoms with Crippen molar-refractivity contribution in [1.82, 2.24) is 19.5 Å². The summed E-state index contributed by atoms with van der Waals surface area (Å²) in [6.07, 6.45) is 6.23. The third-order valence-corrected chi connectivity index (χ3v) is 15.1. The summed E-state index contributed by atoms with van der Waals surface area (Å²) in [5.41, 5.74) is 26.9. The molecule has 0 saturated carbocycles. The van der Waals surface area contributed by atoms with Crippen molar-refractivity contribution >= 4 is 72.5 Å². The van der Waals surface area contributed by atoms with Gasteiger partial charge in [-0.25, -0.2) is 19.2 Å². The molecule has 11 aromatic rings. The highest BCUT2D eigenvalue weighted by Crippen LogP contribution is 2.53. The maximum atomic E-state index is 14.8. The first-order valence-electron chi connectivity index (χ1n) is 26.1. The van der Waals surface area contributed by atoms with E-state index in [9.17, 15) is 19.2 Å². The Balaban J connectivity index is 0.978. The molecule has 410 valence electrons. The summed E-state index contributed by atoms with van der Waals surface area (Å²) in [5, 5.41) is 3.61. The van der Waals surface area contributed by atoms with Crippen LogP contribution in [0.3, 0.4) is 0 Å². The number of nitrogens with zero attached hydrogens (tertiary/aromatic N) is 1. The minimum atomic E-state index is -1.09. The van der Waals surface area contributed by atoms with E-state index in [-0.39, 0.29) is 83.6 Å². The average Bonchev–Trinajstić information content (AvgIpc) is 4.49. The van der Waals surface area contributed by atoms with Crippen LogP contribution in [0.15, 0.2) is 137 Å². The predicted molar refractivity (Wildman–Crippen MR) is 306 cm³/mol. The summed E-state index contributed by atoms with van der Waals surface area (Å²) in [7, 11) is 5.77. The van der Waals surface area contributed by atoms with Gasteiger partial charge in [-0.05, 0) is 71.1 Å². The summed E-state index contributed by atoms with van der Waals surface area (Å²) in [6.45, 7) is 0.179. The van der Waals surface area contributed by atoms with Crippen LogP contribution in [-0.4, -0.2) is 84.0 Å². The van der Waals surface area contributed by atoms with Crippen molar-refractivity contribution in [1.29, 1.82) is 0 Å². The number of carbonyl (C=O) groups excluding carboxylic acids is 3. The fourth-order valence-electron chi connectivity index (χ4n) is 11.2. The predicted octanol–water partition coefficient (Wildman–Crippen LogP) is 8.54. The first-order valence-corrected chi connectivity index (χ1v) is 26.1. The Morgan fingerprint density at radius 2 is 1.06 bits per heavy atom. The van der Waals surface area contributed by atoms with Crippen molar-refractivity contribution in [2.45, 2.75) is 50.4 Å². The lowest BCUT2D eigenvalue weighted by Gasteiger charge is -2.26. The van der Waals surface area contributed by atoms with E-state index in [0.29, 0.717) is 38.7 Å². The molecule has 0 radical (unpaired) electrons. The number of carbonyl (C=O) groups is 3. The molecule has 6 aromatic carbocycles. The van der Waals surface area contributed by atoms with Crippen LogP contribution in [0.2, 0.25) is 0 Å². The highest BCUT2D eigenvalue weighted by molar-refractivity contribution is 6.17. The van der Waals surface area contributed by atoms with E-state index in [0.717, 1.165) is 49.4 Å². The molecule has 0 spiro atoms. The van der Waals surface area contributed by atoms with Gasteiger partial charge >= 0.3 is 23.5 Å². The zero-order valence-corrected chi connectivity index (χ0v) is 44.5. The standard InChI is InChI=1S/C62H55N7O12/c1-74-49-24-31(17-18-47(49)78-59(70)41(63)21-32-28-66-44-14-8-5-11-35(32)44)53-54-40-26-50(75-2)51(80-60(71)42(64)22-33-29-67-45-15-9-6-12-36(33)45)27-48(40)79-62(73)56(54)69-20-19-38-39(55(53)69)25-52(76-3)58(77-4)57(38)81-61(72)43(65)23-34-30-68-46-16-10-7-13-37(34)46/h5-18,24-30,41-43,66-68H,19-23,63-65H2,1-4H3/t41?,42-,43-/m0/s1. The monoisotopic (exact) mass is 1090 g/mol. The second-order valence-corrected chi connectivity index (χ2v) is 19.8. The zero-order valence-electron chi connectivity index (χ0n) is 44.5. The summed E-state index contributed by atoms with van der Waals surface area (Å²) in [6, 6.07) is 29.8. The second kappa shape index (κ2) is 21.1. The molecule has 9 N–H and O–H groups in total. The third kappa shape index (κ3) is 9.21. The minimum absolute atomic E-state index is 0.0373. The van der Waals surface area contributed by atoms with Crippen molar-refractivity contribution in [3.05, 3.63) is 160 Å². The summed E-state index contributed by atoms with van der Waals surface area (Å²) >= 11 is 0. The minimum Gasteiger partial charge on any atom is -0.493 e. The van der Waals surface area contributed by atoms with E-state index >= 15 is 0 Å². The van der Waals surface area contributed by atoms with E-state index in [2.05, 4.69) is 15.0 Å². The first-order chi connectivity index (χ1) is 39.3. The van der Waals surface area contributed by atoms with Gasteiger partial charge in [0.25, 0.3) is 0 Å². The van der Waals surface area contributed by atoms with E-state index in [1.54, 1.807) is 30.3 Å². The average molecular weight is 1090 g/mol. The molecule has 6 heterocycles. The number of benzene rings is 6. The molecule has 0 aliphatic carbocycles. The number of hydrogen-bond acceptors (Lipinski definition) is 15. The number of methoxy groups -OCH3 is 4. The molecule has 0 fully saturated rings. The van der Waals surface area contributed by atoms with Crippen LogP contribution in [0.25, 0.3) is 77.0 Å². The smallest absolute Gasteiger partial charge is 0.361 e. The van der Waals surface area contributed by atoms with Gasteiger partial charge in [-0.2, -0.15) is 0 Å². The van der Waals surface area contributed by atoms with Crippen LogP contribution in [0.1, 0.15) is 22.3 Å². The van der Waals surface area contributed by atoms with Crippen molar-refractivity contribution in [3.63, 3.8) is 0 Å². The molecule has 1 aliphatic heterocycles. The fraction of sp³-hybridized carbons (Fsp3) is 0.194. The van der Waals surface area contributed by atoms with E-state index < -0.39 is 41.7 Å². The zero-order chi connectivity index (χ0) is 56.2. The summed E-state index contributed by atoms with van der Waals surface area (Å²) < 4.78 is 50.0. The second-order valence-electron chi connectivity index (χ2n) is 19.8. The molecule has 5 aromatic heterocycles. The maximum Gasteiger partial charge on any atom is 0.361 e. The molecule has 19 nitrogen and oxygen atoms in total. The number of fused-ring (bicyclic) bond motifs is 10. The molecule has 0 bridgehead atoms. The molecule has 0 saturated heterocycles. The lowest BCUT2D eigenvalue weighted by Crippen LogP contribution is -2.36. The molecule has 12 rings (SSSR count). The van der Waals surface area contributed by atoms with Crippen LogP contribution in [0.4, 0.5) is 0 Å². The Morgan fingerprint density at radius 3 is 1.59 bits per heavy atom. The van der Waals surface area contributed by atoms with Gasteiger partial charge in [-0.15, -0.1) is 0 Å². The highest BCUT2D eigenvalue weighted by Gasteiger charge is 2.36. The molecule has 3 atom stereocenters. The largest absolute Gasteiger partial charge is 0.493 e. The van der Waals surface area contributed by atoms with Crippen molar-refractivity contribution in [2.75, 3.05) is 28.4 Å². The Bertz CT molecular complexity index is 4380. The topological polar surface area (TPSA) is 276 Å². The Hall–Kier alpha value is -9.82. The molecule has 0 amide bonds. The molecular weight excluding hydrogens is 1030 g/mol. The molecular formula is C62H55N7O12. The number of esters is 3. The van der Waals surface area contributed by atoms with Crippen LogP contribution in [0, 0.1) is 0 Å². The lowest BCUT2D eigenvalue weighted by atomic mass is 9.91. The van der Waals surface area contributed by atoms with Gasteiger partial charge in [0.1, 0.15) is 29.2 Å². The van der Waals surface area contributed by atoms with Gasteiger partial charge in [0, 0.05) is 111 Å². The molecule has 81 heavy (non-hydrogen) atoms. The van der Waals surface area contributed by atoms with E-state index in [1.807, 2.05) is 96.0 Å². The number of hydrogen-bond donors (Lipinski definition) is 6. The third-order valence-electron chi connectivity index (χ3n) is 15.1. The van der Waals surface area contributed by atoms with Crippen molar-refractivity contribution < 1.29 is 52.0 Å². The number of aryl methyl sites for hydroxylation is 1. The number of ether oxygens (including phenoxy) is 7. The highest BCUT2D eigenvalue weighted by atomic mass is 16.6. The van der Waals surface area contributed by atoms with Crippen molar-refractivity contribution in [2.24, 2.45) is 17.2 Å². The Morgan fingerprint density at radius 1 is 0.556 bits per heavy atom. The first kappa shape index (κ1) is 51.9. The number of nitrogens with two attached hydrogens (primary N) is 3. The summed E-state index contributed by atoms with van der Waals surface area (Å²) in [4.78, 5) is 66.2. The van der Waals surface area contributed by atoms with E-state index in [4.69, 9.17) is 54.8 Å². The molecule has 1 aliphatic rings. The van der Waals surface area contributed by atoms with E-state index in [1.165, 1.54) is 34.5 Å². The van der Waals surface area contributed by atoms with Crippen LogP contribution in [0.5, 0.6) is 40.2 Å². The quantitative estimate of drug-likeness (QED) is 0.0283. The number of aromatic amines is 3. The number of nitrogens with one attached hydrogen (secondary N) is 3. The van der Waals surface area contributed by atoms with Crippen LogP contribution < -0.4 is 56.0 Å². The molecule has 1 unspecified atom stereocenters. The van der Waals surface area contributed by atoms with Gasteiger partial charge in [0.05, 0.1) is 34.1 Å². The van der Waals surface area contributed by atoms with Crippen molar-refractivity contribution in [3.8, 4) is 62.6 Å². The Kier molecular flexibility index (Phi) is 13.5. The fourth-order valence-corrected chi connectivity index (χ4v) is 11.2. The van der Waals surface area contributed by atoms with Gasteiger partial charge in [-0.3, -0.25) is 0 Å². The van der Waals surface area contributed by atoms with Gasteiger partial charge in [0.2, 0.25) is 5.75 Å². The number of para-hydroxylation sites is 3. The Labute approximate surface area is 461 Å². The van der Waals surface area contributed by atoms with Gasteiger partial charge < -0.3 is 74.3 Å². The normalized spacial score (nSPS) is 13.2. The number of aromatic nitrogens is 4. The maximum absolute atomic E-state index is 14.8. The van der Waals surface area contributed by atoms with Crippen LogP contribution >= 0.6 is 0 Å². The van der Waals surface area contributed by atoms with Gasteiger partial charge in [-0.1, -0.05) is 60.7 Å². The van der Waals surface area contributed by atoms with Crippen LogP contribution in [-0.2, 0) is 46.6 Å². The number of rotatable bonds is 17. The lowest BCUT2D eigenvalue weighted by molar-refractivity contribution is -0.136.